The summed E-state index contributed by atoms with van der Waals surface area (Å²) in [4.78, 5) is 24.5. The number of nitrogens with one attached hydrogen (secondary N) is 1. The lowest BCUT2D eigenvalue weighted by Crippen LogP contribution is -2.45. The molecule has 57 heavy (non-hydrogen) atoms. The average Bonchev–Trinajstić information content (AvgIpc) is 3.21. The van der Waals surface area contributed by atoms with Crippen molar-refractivity contribution in [3.05, 3.63) is 24.3 Å². The van der Waals surface area contributed by atoms with Crippen LogP contribution in [0.25, 0.3) is 0 Å². The monoisotopic (exact) mass is 804 g/mol. The first-order valence-electron chi connectivity index (χ1n) is 25.1. The van der Waals surface area contributed by atoms with Crippen LogP contribution < -0.4 is 5.32 Å². The zero-order valence-electron chi connectivity index (χ0n) is 38.1. The average molecular weight is 804 g/mol. The Bertz CT molecular complexity index is 889. The number of esters is 1. The number of rotatable bonds is 46. The molecular weight excluding hydrogens is 707 g/mol. The van der Waals surface area contributed by atoms with Crippen LogP contribution in [0.5, 0.6) is 0 Å². The van der Waals surface area contributed by atoms with Crippen LogP contribution in [0.4, 0.5) is 0 Å². The van der Waals surface area contributed by atoms with Crippen molar-refractivity contribution in [2.75, 3.05) is 13.2 Å². The van der Waals surface area contributed by atoms with Gasteiger partial charge in [0.15, 0.2) is 0 Å². The molecule has 0 aromatic rings. The maximum Gasteiger partial charge on any atom is 0.305 e. The molecule has 2 unspecified atom stereocenters. The lowest BCUT2D eigenvalue weighted by molar-refractivity contribution is -0.143. The summed E-state index contributed by atoms with van der Waals surface area (Å²) in [5.41, 5.74) is 0. The van der Waals surface area contributed by atoms with Gasteiger partial charge in [-0.2, -0.15) is 0 Å². The molecule has 0 radical (unpaired) electrons. The number of allylic oxidation sites excluding steroid dienone is 4. The zero-order chi connectivity index (χ0) is 41.5. The Kier molecular flexibility index (Phi) is 45.7. The number of aliphatic hydroxyl groups excluding tert-OH is 2. The van der Waals surface area contributed by atoms with Gasteiger partial charge >= 0.3 is 5.97 Å². The first kappa shape index (κ1) is 55.3. The van der Waals surface area contributed by atoms with E-state index in [2.05, 4.69) is 43.5 Å². The Morgan fingerprint density at radius 1 is 0.491 bits per heavy atom. The number of hydrogen-bond donors (Lipinski definition) is 3. The second-order valence-corrected chi connectivity index (χ2v) is 17.1. The number of carbonyl (C=O) groups excluding carboxylic acids is 2. The molecule has 2 atom stereocenters. The SMILES string of the molecule is CCCC/C=C\C/C=C\CCCCCCCC(=O)OCCCCCCCCCCCC(=O)NC(CO)C(O)CCCCCCCCCCCCCCCCCCC. The van der Waals surface area contributed by atoms with Crippen molar-refractivity contribution in [2.45, 2.75) is 276 Å². The smallest absolute Gasteiger partial charge is 0.305 e. The molecule has 0 heterocycles. The van der Waals surface area contributed by atoms with Crippen LogP contribution in [0.3, 0.4) is 0 Å². The minimum absolute atomic E-state index is 0.0394. The van der Waals surface area contributed by atoms with Crippen molar-refractivity contribution >= 4 is 11.9 Å². The van der Waals surface area contributed by atoms with E-state index in [-0.39, 0.29) is 18.5 Å². The summed E-state index contributed by atoms with van der Waals surface area (Å²) in [6.07, 6.45) is 54.2. The molecule has 0 aromatic heterocycles. The second-order valence-electron chi connectivity index (χ2n) is 17.1. The minimum atomic E-state index is -0.682. The summed E-state index contributed by atoms with van der Waals surface area (Å²) >= 11 is 0. The predicted octanol–water partition coefficient (Wildman–Crippen LogP) is 14.7. The molecule has 0 aliphatic heterocycles. The fourth-order valence-electron chi connectivity index (χ4n) is 7.60. The fourth-order valence-corrected chi connectivity index (χ4v) is 7.60. The van der Waals surface area contributed by atoms with Crippen molar-refractivity contribution in [3.8, 4) is 0 Å². The highest BCUT2D eigenvalue weighted by atomic mass is 16.5. The molecule has 0 rings (SSSR count). The summed E-state index contributed by atoms with van der Waals surface area (Å²) in [7, 11) is 0. The molecule has 0 saturated heterocycles. The normalized spacial score (nSPS) is 12.8. The lowest BCUT2D eigenvalue weighted by Gasteiger charge is -2.22. The molecule has 0 bridgehead atoms. The summed E-state index contributed by atoms with van der Waals surface area (Å²) < 4.78 is 5.44. The Morgan fingerprint density at radius 2 is 0.895 bits per heavy atom. The minimum Gasteiger partial charge on any atom is -0.466 e. The van der Waals surface area contributed by atoms with Gasteiger partial charge in [0.05, 0.1) is 25.4 Å². The maximum absolute atomic E-state index is 12.4. The largest absolute Gasteiger partial charge is 0.466 e. The summed E-state index contributed by atoms with van der Waals surface area (Å²) in [5, 5.41) is 23.2. The molecule has 336 valence electrons. The van der Waals surface area contributed by atoms with E-state index in [4.69, 9.17) is 4.74 Å². The van der Waals surface area contributed by atoms with Crippen LogP contribution in [0.2, 0.25) is 0 Å². The highest BCUT2D eigenvalue weighted by molar-refractivity contribution is 5.76. The summed E-state index contributed by atoms with van der Waals surface area (Å²) in [6.45, 7) is 4.84. The summed E-state index contributed by atoms with van der Waals surface area (Å²) in [6, 6.07) is -0.562. The molecule has 0 aliphatic rings. The first-order valence-corrected chi connectivity index (χ1v) is 25.1. The fraction of sp³-hybridized carbons (Fsp3) is 0.882. The van der Waals surface area contributed by atoms with Crippen LogP contribution in [0.15, 0.2) is 24.3 Å². The van der Waals surface area contributed by atoms with Crippen molar-refractivity contribution in [1.29, 1.82) is 0 Å². The van der Waals surface area contributed by atoms with Gasteiger partial charge in [0.1, 0.15) is 0 Å². The molecule has 3 N–H and O–H groups in total. The third kappa shape index (κ3) is 43.7. The number of unbranched alkanes of at least 4 members (excludes halogenated alkanes) is 31. The molecular formula is C51H97NO5. The van der Waals surface area contributed by atoms with E-state index in [1.54, 1.807) is 0 Å². The molecule has 6 nitrogen and oxygen atoms in total. The van der Waals surface area contributed by atoms with Gasteiger partial charge in [0.25, 0.3) is 0 Å². The van der Waals surface area contributed by atoms with E-state index in [9.17, 15) is 19.8 Å². The standard InChI is InChI=1S/C51H97NO5/c1-3-5-7-9-11-13-15-17-19-20-21-22-24-27-31-35-39-43-49(54)48(47-53)52-50(55)44-40-36-32-28-26-30-34-38-42-46-57-51(56)45-41-37-33-29-25-23-18-16-14-12-10-8-6-4-2/h10,12,16,18,48-49,53-54H,3-9,11,13-15,17,19-47H2,1-2H3,(H,52,55)/b12-10-,18-16-. The van der Waals surface area contributed by atoms with Gasteiger partial charge in [-0.15, -0.1) is 0 Å². The molecule has 0 fully saturated rings. The molecule has 0 aromatic carbocycles. The van der Waals surface area contributed by atoms with E-state index >= 15 is 0 Å². The molecule has 1 amide bonds. The number of hydrogen-bond acceptors (Lipinski definition) is 5. The second kappa shape index (κ2) is 47.0. The van der Waals surface area contributed by atoms with Crippen LogP contribution in [0.1, 0.15) is 264 Å². The van der Waals surface area contributed by atoms with Crippen molar-refractivity contribution < 1.29 is 24.5 Å². The molecule has 0 spiro atoms. The van der Waals surface area contributed by atoms with Gasteiger partial charge in [-0.25, -0.2) is 0 Å². The highest BCUT2D eigenvalue weighted by Gasteiger charge is 2.20. The van der Waals surface area contributed by atoms with E-state index in [1.165, 1.54) is 161 Å². The van der Waals surface area contributed by atoms with Crippen molar-refractivity contribution in [1.82, 2.24) is 5.32 Å². The third-order valence-corrected chi connectivity index (χ3v) is 11.5. The van der Waals surface area contributed by atoms with Gasteiger partial charge < -0.3 is 20.3 Å². The Morgan fingerprint density at radius 3 is 1.39 bits per heavy atom. The van der Waals surface area contributed by atoms with E-state index in [0.717, 1.165) is 70.6 Å². The zero-order valence-corrected chi connectivity index (χ0v) is 38.1. The molecule has 6 heteroatoms. The van der Waals surface area contributed by atoms with E-state index in [0.29, 0.717) is 25.9 Å². The summed E-state index contributed by atoms with van der Waals surface area (Å²) in [5.74, 6) is -0.102. The highest BCUT2D eigenvalue weighted by Crippen LogP contribution is 2.16. The topological polar surface area (TPSA) is 95.9 Å². The number of amides is 1. The molecule has 0 aliphatic carbocycles. The van der Waals surface area contributed by atoms with E-state index < -0.39 is 12.1 Å². The maximum atomic E-state index is 12.4. The predicted molar refractivity (Wildman–Crippen MR) is 246 cm³/mol. The van der Waals surface area contributed by atoms with Gasteiger partial charge in [0, 0.05) is 12.8 Å². The van der Waals surface area contributed by atoms with Crippen LogP contribution >= 0.6 is 0 Å². The van der Waals surface area contributed by atoms with Crippen molar-refractivity contribution in [3.63, 3.8) is 0 Å². The van der Waals surface area contributed by atoms with E-state index in [1.807, 2.05) is 0 Å². The number of ether oxygens (including phenoxy) is 1. The van der Waals surface area contributed by atoms with Gasteiger partial charge in [-0.3, -0.25) is 9.59 Å². The third-order valence-electron chi connectivity index (χ3n) is 11.5. The van der Waals surface area contributed by atoms with Crippen molar-refractivity contribution in [2.24, 2.45) is 0 Å². The Labute approximate surface area is 354 Å². The molecule has 0 saturated carbocycles. The van der Waals surface area contributed by atoms with Gasteiger partial charge in [-0.05, 0) is 51.4 Å². The van der Waals surface area contributed by atoms with Crippen LogP contribution in [-0.4, -0.2) is 47.4 Å². The van der Waals surface area contributed by atoms with Crippen LogP contribution in [0, 0.1) is 0 Å². The van der Waals surface area contributed by atoms with Gasteiger partial charge in [-0.1, -0.05) is 224 Å². The van der Waals surface area contributed by atoms with Gasteiger partial charge in [0.2, 0.25) is 5.91 Å². The number of aliphatic hydroxyl groups is 2. The lowest BCUT2D eigenvalue weighted by atomic mass is 10.0. The Hall–Kier alpha value is -1.66. The van der Waals surface area contributed by atoms with Crippen LogP contribution in [-0.2, 0) is 14.3 Å². The quantitative estimate of drug-likeness (QED) is 0.0324. The number of carbonyl (C=O) groups is 2. The Balaban J connectivity index is 3.51. The first-order chi connectivity index (χ1) is 28.0.